The first kappa shape index (κ1) is 20.0. The number of aromatic nitrogens is 4. The van der Waals surface area contributed by atoms with Gasteiger partial charge in [-0.05, 0) is 38.5 Å². The number of aliphatic hydroxyl groups is 1. The molecule has 0 aromatic carbocycles. The van der Waals surface area contributed by atoms with Gasteiger partial charge < -0.3 is 15.7 Å². The van der Waals surface area contributed by atoms with Crippen molar-refractivity contribution in [3.05, 3.63) is 35.5 Å². The van der Waals surface area contributed by atoms with Crippen LogP contribution >= 0.6 is 0 Å². The molecule has 3 rings (SSSR count). The van der Waals surface area contributed by atoms with Crippen molar-refractivity contribution in [2.45, 2.75) is 70.6 Å². The minimum Gasteiger partial charge on any atom is -0.390 e. The quantitative estimate of drug-likeness (QED) is 0.698. The van der Waals surface area contributed by atoms with Gasteiger partial charge in [0, 0.05) is 24.3 Å². The monoisotopic (exact) mass is 381 g/mol. The molecule has 2 aromatic rings. The van der Waals surface area contributed by atoms with E-state index in [4.69, 9.17) is 0 Å². The van der Waals surface area contributed by atoms with E-state index in [1.165, 1.54) is 6.20 Å². The van der Waals surface area contributed by atoms with Crippen LogP contribution in [0.2, 0.25) is 0 Å². The lowest BCUT2D eigenvalue weighted by molar-refractivity contribution is 0.0196. The summed E-state index contributed by atoms with van der Waals surface area (Å²) < 4.78 is 0. The predicted molar refractivity (Wildman–Crippen MR) is 107 cm³/mol. The minimum absolute atomic E-state index is 0.185. The molecule has 0 amide bonds. The summed E-state index contributed by atoms with van der Waals surface area (Å²) in [4.78, 5) is 17.2. The van der Waals surface area contributed by atoms with Crippen LogP contribution in [0.1, 0.15) is 69.2 Å². The van der Waals surface area contributed by atoms with Gasteiger partial charge in [0.15, 0.2) is 0 Å². The molecule has 0 radical (unpaired) electrons. The largest absolute Gasteiger partial charge is 0.390 e. The first-order valence-corrected chi connectivity index (χ1v) is 9.66. The Morgan fingerprint density at radius 2 is 2.04 bits per heavy atom. The van der Waals surface area contributed by atoms with E-state index in [1.54, 1.807) is 12.5 Å². The standard InChI is InChI=1S/C20H27N7O/c1-13(2)17-15(9-22-12-25-17)11-24-19-23-10-14(8-21)18(27-19)26-16-4-6-20(3,28)7-5-16/h9-10,12-13,16,28H,4-7,11H2,1-3H3,(H2,23,24,26,27). The molecule has 1 fully saturated rings. The van der Waals surface area contributed by atoms with E-state index in [0.29, 0.717) is 29.8 Å². The number of anilines is 2. The normalized spacial score (nSPS) is 21.9. The second kappa shape index (κ2) is 8.48. The van der Waals surface area contributed by atoms with Crippen LogP contribution in [0.4, 0.5) is 11.8 Å². The van der Waals surface area contributed by atoms with Gasteiger partial charge in [0.1, 0.15) is 23.8 Å². The molecular formula is C20H27N7O. The maximum Gasteiger partial charge on any atom is 0.224 e. The van der Waals surface area contributed by atoms with Crippen molar-refractivity contribution in [3.63, 3.8) is 0 Å². The molecular weight excluding hydrogens is 354 g/mol. The lowest BCUT2D eigenvalue weighted by atomic mass is 9.83. The predicted octanol–water partition coefficient (Wildman–Crippen LogP) is 2.98. The Kier molecular flexibility index (Phi) is 6.05. The molecule has 0 saturated heterocycles. The molecule has 8 heteroatoms. The number of hydrogen-bond donors (Lipinski definition) is 3. The van der Waals surface area contributed by atoms with Gasteiger partial charge in [-0.25, -0.2) is 15.0 Å². The van der Waals surface area contributed by atoms with Crippen molar-refractivity contribution in [1.29, 1.82) is 5.26 Å². The number of nitriles is 1. The van der Waals surface area contributed by atoms with Crippen molar-refractivity contribution >= 4 is 11.8 Å². The van der Waals surface area contributed by atoms with E-state index in [0.717, 1.165) is 36.9 Å². The van der Waals surface area contributed by atoms with E-state index in [1.807, 2.05) is 6.92 Å². The Bertz CT molecular complexity index is 850. The highest BCUT2D eigenvalue weighted by atomic mass is 16.3. The summed E-state index contributed by atoms with van der Waals surface area (Å²) in [5.41, 5.74) is 1.80. The van der Waals surface area contributed by atoms with E-state index >= 15 is 0 Å². The summed E-state index contributed by atoms with van der Waals surface area (Å²) in [6.07, 6.45) is 8.02. The van der Waals surface area contributed by atoms with Gasteiger partial charge in [-0.2, -0.15) is 10.2 Å². The third-order valence-electron chi connectivity index (χ3n) is 5.12. The average Bonchev–Trinajstić information content (AvgIpc) is 2.68. The number of nitrogens with one attached hydrogen (secondary N) is 2. The molecule has 8 nitrogen and oxygen atoms in total. The summed E-state index contributed by atoms with van der Waals surface area (Å²) in [7, 11) is 0. The smallest absolute Gasteiger partial charge is 0.224 e. The molecule has 0 bridgehead atoms. The van der Waals surface area contributed by atoms with Gasteiger partial charge in [-0.1, -0.05) is 13.8 Å². The van der Waals surface area contributed by atoms with Crippen molar-refractivity contribution in [2.24, 2.45) is 0 Å². The van der Waals surface area contributed by atoms with E-state index in [-0.39, 0.29) is 6.04 Å². The van der Waals surface area contributed by atoms with Crippen LogP contribution in [0.15, 0.2) is 18.7 Å². The fourth-order valence-corrected chi connectivity index (χ4v) is 3.43. The van der Waals surface area contributed by atoms with Crippen molar-refractivity contribution in [2.75, 3.05) is 10.6 Å². The van der Waals surface area contributed by atoms with Crippen LogP contribution < -0.4 is 10.6 Å². The van der Waals surface area contributed by atoms with Crippen molar-refractivity contribution in [3.8, 4) is 6.07 Å². The molecule has 1 aliphatic carbocycles. The topological polar surface area (TPSA) is 120 Å². The molecule has 3 N–H and O–H groups in total. The van der Waals surface area contributed by atoms with E-state index < -0.39 is 5.60 Å². The summed E-state index contributed by atoms with van der Waals surface area (Å²) in [5, 5.41) is 26.1. The summed E-state index contributed by atoms with van der Waals surface area (Å²) in [6, 6.07) is 2.33. The second-order valence-electron chi connectivity index (χ2n) is 7.92. The fourth-order valence-electron chi connectivity index (χ4n) is 3.43. The molecule has 0 aliphatic heterocycles. The summed E-state index contributed by atoms with van der Waals surface area (Å²) in [5.74, 6) is 1.27. The Balaban J connectivity index is 1.70. The Labute approximate surface area is 165 Å². The first-order valence-electron chi connectivity index (χ1n) is 9.66. The molecule has 0 atom stereocenters. The molecule has 2 aromatic heterocycles. The fraction of sp³-hybridized carbons (Fsp3) is 0.550. The van der Waals surface area contributed by atoms with Crippen LogP contribution in [-0.4, -0.2) is 36.7 Å². The summed E-state index contributed by atoms with van der Waals surface area (Å²) >= 11 is 0. The molecule has 28 heavy (non-hydrogen) atoms. The first-order chi connectivity index (χ1) is 13.4. The van der Waals surface area contributed by atoms with Crippen LogP contribution in [0.3, 0.4) is 0 Å². The Morgan fingerprint density at radius 1 is 1.29 bits per heavy atom. The number of rotatable bonds is 6. The maximum absolute atomic E-state index is 10.1. The molecule has 0 unspecified atom stereocenters. The van der Waals surface area contributed by atoms with Crippen molar-refractivity contribution < 1.29 is 5.11 Å². The Morgan fingerprint density at radius 3 is 2.71 bits per heavy atom. The lowest BCUT2D eigenvalue weighted by Gasteiger charge is -2.33. The van der Waals surface area contributed by atoms with Gasteiger partial charge in [-0.15, -0.1) is 0 Å². The third kappa shape index (κ3) is 4.93. The SMILES string of the molecule is CC(C)c1ncncc1CNc1ncc(C#N)c(NC2CCC(C)(O)CC2)n1. The zero-order valence-electron chi connectivity index (χ0n) is 16.6. The van der Waals surface area contributed by atoms with Gasteiger partial charge >= 0.3 is 0 Å². The summed E-state index contributed by atoms with van der Waals surface area (Å²) in [6.45, 7) is 6.56. The highest BCUT2D eigenvalue weighted by Crippen LogP contribution is 2.30. The van der Waals surface area contributed by atoms with E-state index in [2.05, 4.69) is 50.5 Å². The van der Waals surface area contributed by atoms with Crippen molar-refractivity contribution in [1.82, 2.24) is 19.9 Å². The zero-order chi connectivity index (χ0) is 20.1. The zero-order valence-corrected chi connectivity index (χ0v) is 16.6. The van der Waals surface area contributed by atoms with Crippen LogP contribution in [0.5, 0.6) is 0 Å². The van der Waals surface area contributed by atoms with Crippen LogP contribution in [-0.2, 0) is 6.54 Å². The molecule has 1 aliphatic rings. The highest BCUT2D eigenvalue weighted by Gasteiger charge is 2.29. The van der Waals surface area contributed by atoms with E-state index in [9.17, 15) is 10.4 Å². The lowest BCUT2D eigenvalue weighted by Crippen LogP contribution is -2.36. The average molecular weight is 381 g/mol. The third-order valence-corrected chi connectivity index (χ3v) is 5.12. The molecule has 1 saturated carbocycles. The highest BCUT2D eigenvalue weighted by molar-refractivity contribution is 5.54. The number of hydrogen-bond acceptors (Lipinski definition) is 8. The second-order valence-corrected chi connectivity index (χ2v) is 7.92. The van der Waals surface area contributed by atoms with Gasteiger partial charge in [0.05, 0.1) is 17.5 Å². The molecule has 0 spiro atoms. The van der Waals surface area contributed by atoms with Gasteiger partial charge in [0.25, 0.3) is 0 Å². The maximum atomic E-state index is 10.1. The minimum atomic E-state index is -0.597. The van der Waals surface area contributed by atoms with Gasteiger partial charge in [0.2, 0.25) is 5.95 Å². The molecule has 148 valence electrons. The van der Waals surface area contributed by atoms with Crippen LogP contribution in [0, 0.1) is 11.3 Å². The van der Waals surface area contributed by atoms with Gasteiger partial charge in [-0.3, -0.25) is 0 Å². The number of nitrogens with zero attached hydrogens (tertiary/aromatic N) is 5. The van der Waals surface area contributed by atoms with Crippen LogP contribution in [0.25, 0.3) is 0 Å². The Hall–Kier alpha value is -2.79. The molecule has 2 heterocycles.